The Labute approximate surface area is 117 Å². The Hall–Kier alpha value is -2.09. The molecule has 0 unspecified atom stereocenters. The van der Waals surface area contributed by atoms with E-state index in [2.05, 4.69) is 15.7 Å². The predicted molar refractivity (Wildman–Crippen MR) is 72.8 cm³/mol. The molecule has 0 saturated heterocycles. The summed E-state index contributed by atoms with van der Waals surface area (Å²) in [5.74, 6) is -0.207. The van der Waals surface area contributed by atoms with Gasteiger partial charge < -0.3 is 14.8 Å². The Kier molecular flexibility index (Phi) is 5.98. The van der Waals surface area contributed by atoms with Crippen LogP contribution in [0.2, 0.25) is 0 Å². The summed E-state index contributed by atoms with van der Waals surface area (Å²) < 4.78 is 11.2. The van der Waals surface area contributed by atoms with Gasteiger partial charge >= 0.3 is 12.0 Å². The molecule has 8 nitrogen and oxygen atoms in total. The zero-order valence-electron chi connectivity index (χ0n) is 12.1. The van der Waals surface area contributed by atoms with Crippen LogP contribution >= 0.6 is 0 Å². The number of aromatic nitrogens is 2. The first-order valence-electron chi connectivity index (χ1n) is 6.25. The van der Waals surface area contributed by atoms with Crippen molar-refractivity contribution < 1.29 is 19.1 Å². The van der Waals surface area contributed by atoms with Gasteiger partial charge in [-0.15, -0.1) is 0 Å². The van der Waals surface area contributed by atoms with E-state index in [0.717, 1.165) is 0 Å². The van der Waals surface area contributed by atoms with Gasteiger partial charge in [-0.25, -0.2) is 9.59 Å². The number of anilines is 1. The van der Waals surface area contributed by atoms with Gasteiger partial charge in [0.25, 0.3) is 0 Å². The molecule has 0 aliphatic rings. The molecule has 8 heteroatoms. The van der Waals surface area contributed by atoms with E-state index in [0.29, 0.717) is 24.7 Å². The van der Waals surface area contributed by atoms with E-state index in [-0.39, 0.29) is 12.2 Å². The molecule has 2 amide bonds. The molecule has 20 heavy (non-hydrogen) atoms. The molecule has 0 fully saturated rings. The Bertz CT molecular complexity index is 484. The van der Waals surface area contributed by atoms with Crippen molar-refractivity contribution in [2.75, 3.05) is 32.2 Å². The molecule has 0 aliphatic carbocycles. The zero-order chi connectivity index (χ0) is 15.1. The summed E-state index contributed by atoms with van der Waals surface area (Å²) in [7, 11) is 3.18. The standard InChI is InChI=1S/C12H20N4O4/c1-5-20-11(17)9-8(2)15-16(3)10(9)14-12(18)13-6-7-19-4/h5-7H2,1-4H3,(H2,13,14,18). The molecule has 1 aromatic rings. The molecule has 0 aromatic carbocycles. The fourth-order valence-electron chi connectivity index (χ4n) is 1.67. The number of rotatable bonds is 6. The van der Waals surface area contributed by atoms with Crippen molar-refractivity contribution in [2.45, 2.75) is 13.8 Å². The number of esters is 1. The van der Waals surface area contributed by atoms with E-state index in [4.69, 9.17) is 9.47 Å². The third-order valence-corrected chi connectivity index (χ3v) is 2.53. The van der Waals surface area contributed by atoms with Crippen LogP contribution in [0.3, 0.4) is 0 Å². The molecular weight excluding hydrogens is 264 g/mol. The van der Waals surface area contributed by atoms with E-state index in [1.807, 2.05) is 0 Å². The van der Waals surface area contributed by atoms with Crippen LogP contribution in [0.1, 0.15) is 23.0 Å². The highest BCUT2D eigenvalue weighted by atomic mass is 16.5. The monoisotopic (exact) mass is 284 g/mol. The molecule has 112 valence electrons. The number of carbonyl (C=O) groups excluding carboxylic acids is 2. The SMILES string of the molecule is CCOC(=O)c1c(C)nn(C)c1NC(=O)NCCOC. The maximum absolute atomic E-state index is 11.9. The molecule has 1 aromatic heterocycles. The van der Waals surface area contributed by atoms with E-state index in [1.165, 1.54) is 4.68 Å². The van der Waals surface area contributed by atoms with Crippen LogP contribution in [0.4, 0.5) is 10.6 Å². The van der Waals surface area contributed by atoms with Crippen molar-refractivity contribution in [2.24, 2.45) is 7.05 Å². The highest BCUT2D eigenvalue weighted by molar-refractivity contribution is 6.00. The third kappa shape index (κ3) is 3.95. The van der Waals surface area contributed by atoms with Gasteiger partial charge in [-0.05, 0) is 13.8 Å². The van der Waals surface area contributed by atoms with Crippen molar-refractivity contribution in [3.05, 3.63) is 11.3 Å². The predicted octanol–water partition coefficient (Wildman–Crippen LogP) is 0.673. The second-order valence-corrected chi connectivity index (χ2v) is 4.03. The van der Waals surface area contributed by atoms with Crippen LogP contribution in [-0.2, 0) is 16.5 Å². The van der Waals surface area contributed by atoms with Crippen LogP contribution in [0.15, 0.2) is 0 Å². The van der Waals surface area contributed by atoms with Crippen LogP contribution in [0.25, 0.3) is 0 Å². The molecule has 0 saturated carbocycles. The fourth-order valence-corrected chi connectivity index (χ4v) is 1.67. The second kappa shape index (κ2) is 7.49. The van der Waals surface area contributed by atoms with Crippen molar-refractivity contribution in [3.63, 3.8) is 0 Å². The minimum Gasteiger partial charge on any atom is -0.462 e. The summed E-state index contributed by atoms with van der Waals surface area (Å²) in [6.07, 6.45) is 0. The Morgan fingerprint density at radius 3 is 2.70 bits per heavy atom. The van der Waals surface area contributed by atoms with Crippen molar-refractivity contribution in [1.82, 2.24) is 15.1 Å². The lowest BCUT2D eigenvalue weighted by atomic mass is 10.2. The summed E-state index contributed by atoms with van der Waals surface area (Å²) >= 11 is 0. The molecule has 0 bridgehead atoms. The number of amides is 2. The Morgan fingerprint density at radius 1 is 1.40 bits per heavy atom. The number of urea groups is 1. The molecule has 1 rings (SSSR count). The van der Waals surface area contributed by atoms with Crippen molar-refractivity contribution in [1.29, 1.82) is 0 Å². The van der Waals surface area contributed by atoms with Crippen molar-refractivity contribution >= 4 is 17.8 Å². The molecule has 0 radical (unpaired) electrons. The average molecular weight is 284 g/mol. The fraction of sp³-hybridized carbons (Fsp3) is 0.583. The first kappa shape index (κ1) is 16.0. The number of hydrogen-bond donors (Lipinski definition) is 2. The highest BCUT2D eigenvalue weighted by Gasteiger charge is 2.22. The van der Waals surface area contributed by atoms with E-state index < -0.39 is 12.0 Å². The maximum atomic E-state index is 11.9. The van der Waals surface area contributed by atoms with E-state index >= 15 is 0 Å². The molecular formula is C12H20N4O4. The van der Waals surface area contributed by atoms with Crippen LogP contribution in [0.5, 0.6) is 0 Å². The average Bonchev–Trinajstić information content (AvgIpc) is 2.65. The van der Waals surface area contributed by atoms with Crippen LogP contribution in [0, 0.1) is 6.92 Å². The van der Waals surface area contributed by atoms with Gasteiger partial charge in [0.1, 0.15) is 11.4 Å². The smallest absolute Gasteiger partial charge is 0.343 e. The highest BCUT2D eigenvalue weighted by Crippen LogP contribution is 2.19. The number of methoxy groups -OCH3 is 1. The quantitative estimate of drug-likeness (QED) is 0.591. The Morgan fingerprint density at radius 2 is 2.10 bits per heavy atom. The number of nitrogens with zero attached hydrogens (tertiary/aromatic N) is 2. The van der Waals surface area contributed by atoms with Gasteiger partial charge in [0, 0.05) is 20.7 Å². The molecule has 2 N–H and O–H groups in total. The van der Waals surface area contributed by atoms with Gasteiger partial charge in [0.15, 0.2) is 0 Å². The number of hydrogen-bond acceptors (Lipinski definition) is 5. The lowest BCUT2D eigenvalue weighted by Crippen LogP contribution is -2.32. The summed E-state index contributed by atoms with van der Waals surface area (Å²) in [6, 6.07) is -0.435. The van der Waals surface area contributed by atoms with Crippen molar-refractivity contribution in [3.8, 4) is 0 Å². The van der Waals surface area contributed by atoms with Gasteiger partial charge in [0.05, 0.1) is 18.9 Å². The molecule has 1 heterocycles. The molecule has 0 spiro atoms. The summed E-state index contributed by atoms with van der Waals surface area (Å²) in [5, 5.41) is 9.30. The first-order valence-corrected chi connectivity index (χ1v) is 6.25. The minimum atomic E-state index is -0.509. The van der Waals surface area contributed by atoms with Gasteiger partial charge in [0.2, 0.25) is 0 Å². The van der Waals surface area contributed by atoms with Crippen LogP contribution < -0.4 is 10.6 Å². The Balaban J connectivity index is 2.83. The maximum Gasteiger partial charge on any atom is 0.343 e. The topological polar surface area (TPSA) is 94.5 Å². The van der Waals surface area contributed by atoms with Gasteiger partial charge in [-0.1, -0.05) is 0 Å². The lowest BCUT2D eigenvalue weighted by molar-refractivity contribution is 0.0526. The molecule has 0 aliphatic heterocycles. The van der Waals surface area contributed by atoms with E-state index in [9.17, 15) is 9.59 Å². The minimum absolute atomic E-state index is 0.257. The number of aryl methyl sites for hydroxylation is 2. The summed E-state index contributed by atoms with van der Waals surface area (Å²) in [5.41, 5.74) is 0.759. The van der Waals surface area contributed by atoms with Crippen LogP contribution in [-0.4, -0.2) is 48.6 Å². The number of ether oxygens (including phenoxy) is 2. The second-order valence-electron chi connectivity index (χ2n) is 4.03. The van der Waals surface area contributed by atoms with Gasteiger partial charge in [-0.3, -0.25) is 10.00 Å². The van der Waals surface area contributed by atoms with E-state index in [1.54, 1.807) is 28.0 Å². The first-order chi connectivity index (χ1) is 9.51. The number of nitrogens with one attached hydrogen (secondary N) is 2. The summed E-state index contributed by atoms with van der Waals surface area (Å²) in [6.45, 7) is 4.43. The van der Waals surface area contributed by atoms with Gasteiger partial charge in [-0.2, -0.15) is 5.10 Å². The summed E-state index contributed by atoms with van der Waals surface area (Å²) in [4.78, 5) is 23.6. The zero-order valence-corrected chi connectivity index (χ0v) is 12.1. The normalized spacial score (nSPS) is 10.2. The third-order valence-electron chi connectivity index (χ3n) is 2.53. The lowest BCUT2D eigenvalue weighted by Gasteiger charge is -2.09. The number of carbonyl (C=O) groups is 2. The molecule has 0 atom stereocenters. The largest absolute Gasteiger partial charge is 0.462 e.